The molecule has 0 radical (unpaired) electrons. The number of aromatic nitrogens is 2. The number of nitrogens with two attached hydrogens (primary N) is 1. The van der Waals surface area contributed by atoms with E-state index >= 15 is 0 Å². The first-order valence-electron chi connectivity index (χ1n) is 6.39. The summed E-state index contributed by atoms with van der Waals surface area (Å²) in [6.45, 7) is 3.06. The minimum atomic E-state index is -4.33. The van der Waals surface area contributed by atoms with Crippen LogP contribution >= 0.6 is 0 Å². The van der Waals surface area contributed by atoms with Gasteiger partial charge in [-0.2, -0.15) is 18.3 Å². The molecule has 0 bridgehead atoms. The van der Waals surface area contributed by atoms with Crippen LogP contribution in [0.5, 0.6) is 5.88 Å². The summed E-state index contributed by atoms with van der Waals surface area (Å²) in [5, 5.41) is 19.4. The molecule has 3 N–H and O–H groups in total. The van der Waals surface area contributed by atoms with E-state index in [1.807, 2.05) is 13.8 Å². The third-order valence-electron chi connectivity index (χ3n) is 2.80. The van der Waals surface area contributed by atoms with Crippen molar-refractivity contribution in [1.82, 2.24) is 10.2 Å². The zero-order valence-corrected chi connectivity index (χ0v) is 11.7. The van der Waals surface area contributed by atoms with E-state index in [1.165, 1.54) is 0 Å². The lowest BCUT2D eigenvalue weighted by atomic mass is 10.0. The lowest BCUT2D eigenvalue weighted by Gasteiger charge is -2.15. The lowest BCUT2D eigenvalue weighted by Crippen LogP contribution is -2.21. The van der Waals surface area contributed by atoms with Gasteiger partial charge >= 0.3 is 6.18 Å². The quantitative estimate of drug-likeness (QED) is 0.363. The molecule has 0 aliphatic carbocycles. The van der Waals surface area contributed by atoms with E-state index in [9.17, 15) is 13.2 Å². The van der Waals surface area contributed by atoms with Crippen molar-refractivity contribution in [2.24, 2.45) is 10.9 Å². The molecule has 0 aliphatic heterocycles. The molecule has 0 fully saturated rings. The molecule has 1 rings (SSSR count). The van der Waals surface area contributed by atoms with Crippen LogP contribution in [0, 0.1) is 0 Å². The van der Waals surface area contributed by atoms with Crippen molar-refractivity contribution in [1.29, 1.82) is 0 Å². The molecule has 9 heteroatoms. The van der Waals surface area contributed by atoms with E-state index in [0.717, 1.165) is 0 Å². The summed E-state index contributed by atoms with van der Waals surface area (Å²) in [5.74, 6) is -0.429. The van der Waals surface area contributed by atoms with Gasteiger partial charge in [0.15, 0.2) is 5.84 Å². The third-order valence-corrected chi connectivity index (χ3v) is 2.80. The van der Waals surface area contributed by atoms with Gasteiger partial charge in [0.2, 0.25) is 5.88 Å². The summed E-state index contributed by atoms with van der Waals surface area (Å²) in [6, 6.07) is 0. The molecule has 1 aromatic rings. The first-order valence-corrected chi connectivity index (χ1v) is 6.39. The van der Waals surface area contributed by atoms with Crippen LogP contribution < -0.4 is 10.5 Å². The van der Waals surface area contributed by atoms with Crippen LogP contribution in [0.25, 0.3) is 0 Å². The van der Waals surface area contributed by atoms with E-state index in [0.29, 0.717) is 24.1 Å². The Balaban J connectivity index is 3.13. The highest BCUT2D eigenvalue weighted by Crippen LogP contribution is 2.24. The van der Waals surface area contributed by atoms with Crippen molar-refractivity contribution < 1.29 is 23.1 Å². The van der Waals surface area contributed by atoms with E-state index in [-0.39, 0.29) is 17.3 Å². The summed E-state index contributed by atoms with van der Waals surface area (Å²) < 4.78 is 41.4. The number of rotatable bonds is 6. The number of oxime groups is 1. The van der Waals surface area contributed by atoms with Gasteiger partial charge in [0.1, 0.15) is 0 Å². The van der Waals surface area contributed by atoms with Gasteiger partial charge < -0.3 is 15.7 Å². The molecule has 0 atom stereocenters. The van der Waals surface area contributed by atoms with Gasteiger partial charge in [0.25, 0.3) is 0 Å². The van der Waals surface area contributed by atoms with Crippen molar-refractivity contribution in [2.45, 2.75) is 39.3 Å². The van der Waals surface area contributed by atoms with Crippen molar-refractivity contribution >= 4 is 5.84 Å². The van der Waals surface area contributed by atoms with Crippen LogP contribution in [0.2, 0.25) is 0 Å². The number of nitrogens with zero attached hydrogens (tertiary/aromatic N) is 3. The van der Waals surface area contributed by atoms with Crippen LogP contribution in [0.4, 0.5) is 13.2 Å². The van der Waals surface area contributed by atoms with Gasteiger partial charge in [-0.05, 0) is 18.4 Å². The van der Waals surface area contributed by atoms with Crippen LogP contribution in [-0.4, -0.2) is 34.0 Å². The highest BCUT2D eigenvalue weighted by molar-refractivity contribution is 6.00. The maximum Gasteiger partial charge on any atom is 0.392 e. The van der Waals surface area contributed by atoms with Crippen LogP contribution in [0.1, 0.15) is 37.1 Å². The Kier molecular flexibility index (Phi) is 5.74. The molecule has 0 aromatic carbocycles. The minimum absolute atomic E-state index is 0.163. The highest BCUT2D eigenvalue weighted by Gasteiger charge is 2.28. The second-order valence-electron chi connectivity index (χ2n) is 4.21. The molecule has 0 saturated heterocycles. The van der Waals surface area contributed by atoms with Crippen molar-refractivity contribution in [3.63, 3.8) is 0 Å². The molecule has 6 nitrogen and oxygen atoms in total. The normalized spacial score (nSPS) is 12.5. The van der Waals surface area contributed by atoms with E-state index in [1.54, 1.807) is 0 Å². The lowest BCUT2D eigenvalue weighted by molar-refractivity contribution is -0.139. The summed E-state index contributed by atoms with van der Waals surface area (Å²) in [7, 11) is 0. The number of hydrogen-bond donors (Lipinski definition) is 2. The molecule has 1 heterocycles. The molecular weight excluding hydrogens is 289 g/mol. The Hall–Kier alpha value is -2.06. The molecule has 0 amide bonds. The molecule has 21 heavy (non-hydrogen) atoms. The number of amidine groups is 1. The molecule has 1 aromatic heterocycles. The fraction of sp³-hybridized carbons (Fsp3) is 0.583. The first kappa shape index (κ1) is 17.0. The first-order chi connectivity index (χ1) is 9.84. The maximum atomic E-state index is 12.1. The largest absolute Gasteiger partial charge is 0.476 e. The van der Waals surface area contributed by atoms with Crippen LogP contribution in [0.15, 0.2) is 5.16 Å². The maximum absolute atomic E-state index is 12.1. The van der Waals surface area contributed by atoms with E-state index in [2.05, 4.69) is 15.4 Å². The Labute approximate surface area is 119 Å². The van der Waals surface area contributed by atoms with Crippen molar-refractivity contribution in [3.8, 4) is 5.88 Å². The number of hydrogen-bond acceptors (Lipinski definition) is 5. The van der Waals surface area contributed by atoms with E-state index < -0.39 is 19.2 Å². The summed E-state index contributed by atoms with van der Waals surface area (Å²) in [5.41, 5.74) is 7.04. The van der Waals surface area contributed by atoms with Crippen LogP contribution in [-0.2, 0) is 12.8 Å². The second-order valence-corrected chi connectivity index (χ2v) is 4.21. The molecule has 0 unspecified atom stereocenters. The zero-order valence-electron chi connectivity index (χ0n) is 11.7. The standard InChI is InChI=1S/C12H17F3N4O2/c1-3-7-8(4-2)17-18-11(9(7)10(16)19-20)21-6-5-12(13,14)15/h20H,3-6H2,1-2H3,(H2,16,19). The van der Waals surface area contributed by atoms with Gasteiger partial charge in [-0.1, -0.05) is 19.0 Å². The highest BCUT2D eigenvalue weighted by atomic mass is 19.4. The molecule has 0 spiro atoms. The fourth-order valence-electron chi connectivity index (χ4n) is 1.83. The molecule has 118 valence electrons. The molecule has 0 saturated carbocycles. The monoisotopic (exact) mass is 306 g/mol. The van der Waals surface area contributed by atoms with Gasteiger partial charge in [-0.25, -0.2) is 0 Å². The topological polar surface area (TPSA) is 93.6 Å². The van der Waals surface area contributed by atoms with Gasteiger partial charge in [-0.3, -0.25) is 0 Å². The zero-order chi connectivity index (χ0) is 16.0. The summed E-state index contributed by atoms with van der Waals surface area (Å²) >= 11 is 0. The number of aryl methyl sites for hydroxylation is 1. The van der Waals surface area contributed by atoms with Crippen LogP contribution in [0.3, 0.4) is 0 Å². The van der Waals surface area contributed by atoms with Gasteiger partial charge in [-0.15, -0.1) is 5.10 Å². The van der Waals surface area contributed by atoms with Gasteiger partial charge in [0.05, 0.1) is 24.3 Å². The predicted octanol–water partition coefficient (Wildman–Crippen LogP) is 2.03. The SMILES string of the molecule is CCc1nnc(OCCC(F)(F)F)c(C(N)=NO)c1CC. The number of alkyl halides is 3. The van der Waals surface area contributed by atoms with Crippen molar-refractivity contribution in [2.75, 3.05) is 6.61 Å². The Morgan fingerprint density at radius 3 is 2.43 bits per heavy atom. The third kappa shape index (κ3) is 4.47. The minimum Gasteiger partial charge on any atom is -0.476 e. The number of halogens is 3. The number of ether oxygens (including phenoxy) is 1. The smallest absolute Gasteiger partial charge is 0.392 e. The average molecular weight is 306 g/mol. The van der Waals surface area contributed by atoms with Gasteiger partial charge in [0, 0.05) is 0 Å². The Morgan fingerprint density at radius 1 is 1.29 bits per heavy atom. The predicted molar refractivity (Wildman–Crippen MR) is 69.5 cm³/mol. The summed E-state index contributed by atoms with van der Waals surface area (Å²) in [4.78, 5) is 0. The Bertz CT molecular complexity index is 518. The summed E-state index contributed by atoms with van der Waals surface area (Å²) in [6.07, 6.45) is -4.40. The van der Waals surface area contributed by atoms with E-state index in [4.69, 9.17) is 15.7 Å². The Morgan fingerprint density at radius 2 is 1.95 bits per heavy atom. The average Bonchev–Trinajstić information content (AvgIpc) is 2.44. The fourth-order valence-corrected chi connectivity index (χ4v) is 1.83. The second kappa shape index (κ2) is 7.09. The molecular formula is C12H17F3N4O2. The molecule has 0 aliphatic rings. The van der Waals surface area contributed by atoms with Crippen molar-refractivity contribution in [3.05, 3.63) is 16.8 Å².